The summed E-state index contributed by atoms with van der Waals surface area (Å²) < 4.78 is 43.3. The average molecular weight is 806 g/mol. The molecule has 2 amide bonds. The first kappa shape index (κ1) is 37.1. The van der Waals surface area contributed by atoms with Gasteiger partial charge in [-0.25, -0.2) is 13.2 Å². The van der Waals surface area contributed by atoms with Crippen LogP contribution in [0.5, 0.6) is 5.75 Å². The Hall–Kier alpha value is -5.27. The van der Waals surface area contributed by atoms with E-state index in [1.165, 1.54) is 55.5 Å². The second-order valence-electron chi connectivity index (χ2n) is 12.7. The molecule has 0 saturated carbocycles. The van der Waals surface area contributed by atoms with Gasteiger partial charge in [-0.2, -0.15) is 0 Å². The van der Waals surface area contributed by atoms with E-state index < -0.39 is 46.1 Å². The number of ketones is 2. The van der Waals surface area contributed by atoms with E-state index >= 15 is 4.39 Å². The zero-order chi connectivity index (χ0) is 38.7. The summed E-state index contributed by atoms with van der Waals surface area (Å²) in [6.07, 6.45) is 0. The van der Waals surface area contributed by atoms with E-state index in [4.69, 9.17) is 23.2 Å². The van der Waals surface area contributed by atoms with Gasteiger partial charge in [-0.15, -0.1) is 22.7 Å². The number of nitrogens with one attached hydrogen (secondary N) is 2. The summed E-state index contributed by atoms with van der Waals surface area (Å²) in [5, 5.41) is 15.8. The molecule has 0 fully saturated rings. The largest absolute Gasteiger partial charge is 0.507 e. The number of thiophene rings is 2. The minimum Gasteiger partial charge on any atom is -0.507 e. The van der Waals surface area contributed by atoms with Crippen molar-refractivity contribution in [3.05, 3.63) is 145 Å². The Bertz CT molecular complexity index is 2540. The third kappa shape index (κ3) is 5.99. The van der Waals surface area contributed by atoms with Gasteiger partial charge in [-0.3, -0.25) is 19.2 Å². The van der Waals surface area contributed by atoms with Crippen molar-refractivity contribution in [1.82, 2.24) is 0 Å². The lowest BCUT2D eigenvalue weighted by atomic mass is 9.73. The first-order valence-corrected chi connectivity index (χ1v) is 18.5. The van der Waals surface area contributed by atoms with Gasteiger partial charge in [-0.1, -0.05) is 95.5 Å². The van der Waals surface area contributed by atoms with Crippen LogP contribution in [0.1, 0.15) is 44.3 Å². The monoisotopic (exact) mass is 804 g/mol. The van der Waals surface area contributed by atoms with Crippen LogP contribution in [0.25, 0.3) is 22.3 Å². The lowest BCUT2D eigenvalue weighted by molar-refractivity contribution is -0.125. The second-order valence-corrected chi connectivity index (χ2v) is 15.9. The molecule has 0 aliphatic carbocycles. The number of Topliss-reactive ketones (excluding diaryl/α,β-unsaturated/α-hetero) is 2. The fraction of sp³-hybridized carbons (Fsp3) is 0.100. The van der Waals surface area contributed by atoms with E-state index in [1.807, 2.05) is 31.2 Å². The van der Waals surface area contributed by atoms with Crippen molar-refractivity contribution < 1.29 is 37.5 Å². The van der Waals surface area contributed by atoms with E-state index in [2.05, 4.69) is 10.6 Å². The minimum absolute atomic E-state index is 0.0529. The number of anilines is 2. The SMILES string of the molecule is Cc1ccc(-c2c(Cl)sc3c2C(=O)C(C)(c2cccc(F)c2)C(=O)N3)cc1.O=C1Nc2sc(Cl)c(-c3ccc(F)cc3O)c2C(=O)C1(F)c1ccccc1. The molecular weight excluding hydrogens is 780 g/mol. The normalized spacial score (nSPS) is 18.9. The second kappa shape index (κ2) is 13.9. The van der Waals surface area contributed by atoms with Gasteiger partial charge < -0.3 is 15.7 Å². The molecule has 6 aromatic rings. The highest BCUT2D eigenvalue weighted by Crippen LogP contribution is 2.52. The van der Waals surface area contributed by atoms with Gasteiger partial charge in [0.1, 0.15) is 41.5 Å². The fourth-order valence-electron chi connectivity index (χ4n) is 6.39. The third-order valence-electron chi connectivity index (χ3n) is 9.32. The molecule has 2 aromatic heterocycles. The van der Waals surface area contributed by atoms with Crippen molar-refractivity contribution in [1.29, 1.82) is 0 Å². The highest BCUT2D eigenvalue weighted by molar-refractivity contribution is 7.21. The van der Waals surface area contributed by atoms with Crippen molar-refractivity contribution >= 4 is 79.3 Å². The third-order valence-corrected chi connectivity index (χ3v) is 11.9. The number of carbonyl (C=O) groups excluding carboxylic acids is 4. The first-order valence-electron chi connectivity index (χ1n) is 16.1. The highest BCUT2D eigenvalue weighted by Gasteiger charge is 2.54. The minimum atomic E-state index is -2.94. The Morgan fingerprint density at radius 1 is 0.648 bits per heavy atom. The van der Waals surface area contributed by atoms with Crippen molar-refractivity contribution in [2.45, 2.75) is 24.9 Å². The molecule has 0 spiro atoms. The summed E-state index contributed by atoms with van der Waals surface area (Å²) in [7, 11) is 0. The Kier molecular flexibility index (Phi) is 9.51. The summed E-state index contributed by atoms with van der Waals surface area (Å²) >= 11 is 14.7. The van der Waals surface area contributed by atoms with Crippen LogP contribution in [0, 0.1) is 18.6 Å². The molecule has 4 aromatic carbocycles. The summed E-state index contributed by atoms with van der Waals surface area (Å²) in [5.41, 5.74) is -1.44. The maximum absolute atomic E-state index is 15.7. The van der Waals surface area contributed by atoms with E-state index in [-0.39, 0.29) is 37.4 Å². The number of alkyl halides is 1. The zero-order valence-electron chi connectivity index (χ0n) is 28.0. The quantitative estimate of drug-likeness (QED) is 0.154. The fourth-order valence-corrected chi connectivity index (χ4v) is 9.13. The van der Waals surface area contributed by atoms with Crippen LogP contribution in [0.2, 0.25) is 8.67 Å². The Morgan fingerprint density at radius 2 is 1.22 bits per heavy atom. The van der Waals surface area contributed by atoms with Crippen LogP contribution in [-0.4, -0.2) is 28.5 Å². The predicted octanol–water partition coefficient (Wildman–Crippen LogP) is 10.5. The summed E-state index contributed by atoms with van der Waals surface area (Å²) in [4.78, 5) is 51.8. The number of aromatic hydroxyl groups is 1. The van der Waals surface area contributed by atoms with E-state index in [0.29, 0.717) is 26.0 Å². The molecule has 272 valence electrons. The number of amides is 2. The van der Waals surface area contributed by atoms with E-state index in [9.17, 15) is 33.1 Å². The number of rotatable bonds is 4. The molecule has 2 aliphatic heterocycles. The molecule has 0 bridgehead atoms. The number of hydrogen-bond acceptors (Lipinski definition) is 7. The van der Waals surface area contributed by atoms with Crippen LogP contribution in [0.15, 0.2) is 97.1 Å². The molecule has 3 N–H and O–H groups in total. The van der Waals surface area contributed by atoms with Crippen LogP contribution in [-0.2, 0) is 20.7 Å². The number of fused-ring (bicyclic) bond motifs is 2. The lowest BCUT2D eigenvalue weighted by Gasteiger charge is -2.31. The number of phenols is 1. The maximum Gasteiger partial charge on any atom is 0.275 e. The van der Waals surface area contributed by atoms with Crippen molar-refractivity contribution in [3.63, 3.8) is 0 Å². The van der Waals surface area contributed by atoms with Crippen LogP contribution >= 0.6 is 45.9 Å². The van der Waals surface area contributed by atoms with Crippen molar-refractivity contribution in [3.8, 4) is 28.0 Å². The molecule has 2 atom stereocenters. The molecule has 54 heavy (non-hydrogen) atoms. The Labute approximate surface area is 324 Å². The molecule has 0 radical (unpaired) electrons. The van der Waals surface area contributed by atoms with Gasteiger partial charge in [-0.05, 0) is 49.2 Å². The van der Waals surface area contributed by atoms with Gasteiger partial charge in [0, 0.05) is 28.3 Å². The lowest BCUT2D eigenvalue weighted by Crippen LogP contribution is -2.48. The summed E-state index contributed by atoms with van der Waals surface area (Å²) in [5.74, 6) is -4.70. The number of aryl methyl sites for hydroxylation is 1. The molecule has 8 rings (SSSR count). The zero-order valence-corrected chi connectivity index (χ0v) is 31.2. The Morgan fingerprint density at radius 3 is 1.85 bits per heavy atom. The molecule has 4 heterocycles. The van der Waals surface area contributed by atoms with Gasteiger partial charge in [0.05, 0.1) is 11.1 Å². The maximum atomic E-state index is 15.7. The molecule has 2 aliphatic rings. The summed E-state index contributed by atoms with van der Waals surface area (Å²) in [6.45, 7) is 3.49. The van der Waals surface area contributed by atoms with E-state index in [1.54, 1.807) is 12.1 Å². The number of halogens is 5. The standard InChI is InChI=1S/C21H15ClFNO2S.C19H10ClF2NO3S/c1-11-6-8-12(9-7-11)15-16-17(25)21(2,13-4-3-5-14(23)10-13)20(26)24-19(16)27-18(15)22;20-16-13(11-7-6-10(21)8-12(11)24)14-15(25)19(22,9-4-2-1-3-5-9)18(26)23-17(14)27-16/h3-10H,1-2H3,(H,24,26);1-8,24H,(H,23,26). The molecular formula is C40H25Cl2F3N2O5S2. The first-order chi connectivity index (χ1) is 25.7. The Balaban J connectivity index is 0.000000167. The molecule has 14 heteroatoms. The van der Waals surface area contributed by atoms with Crippen LogP contribution in [0.3, 0.4) is 0 Å². The van der Waals surface area contributed by atoms with Crippen molar-refractivity contribution in [2.75, 3.05) is 10.6 Å². The molecule has 0 saturated heterocycles. The highest BCUT2D eigenvalue weighted by atomic mass is 35.5. The molecule has 2 unspecified atom stereocenters. The van der Waals surface area contributed by atoms with Crippen LogP contribution < -0.4 is 10.6 Å². The summed E-state index contributed by atoms with van der Waals surface area (Å²) in [6, 6.07) is 23.8. The van der Waals surface area contributed by atoms with Gasteiger partial charge in [0.25, 0.3) is 11.6 Å². The van der Waals surface area contributed by atoms with Gasteiger partial charge in [0.2, 0.25) is 11.7 Å². The number of phenolic OH excluding ortho intramolecular Hbond substituents is 1. The average Bonchev–Trinajstić information content (AvgIpc) is 3.65. The van der Waals surface area contributed by atoms with Crippen LogP contribution in [0.4, 0.5) is 23.2 Å². The number of hydrogen-bond donors (Lipinski definition) is 3. The topological polar surface area (TPSA) is 113 Å². The smallest absolute Gasteiger partial charge is 0.275 e. The van der Waals surface area contributed by atoms with E-state index in [0.717, 1.165) is 45.9 Å². The number of carbonyl (C=O) groups is 4. The van der Waals surface area contributed by atoms with Gasteiger partial charge in [0.15, 0.2) is 5.78 Å². The molecule has 7 nitrogen and oxygen atoms in total. The van der Waals surface area contributed by atoms with Crippen molar-refractivity contribution in [2.24, 2.45) is 0 Å². The number of benzene rings is 4. The predicted molar refractivity (Wildman–Crippen MR) is 205 cm³/mol. The van der Waals surface area contributed by atoms with Gasteiger partial charge >= 0.3 is 0 Å².